The fraction of sp³-hybridized carbons (Fsp3) is 0. The molecule has 0 spiro atoms. The van der Waals surface area contributed by atoms with Gasteiger partial charge in [-0.1, -0.05) is 104 Å². The molecule has 0 bridgehead atoms. The van der Waals surface area contributed by atoms with E-state index in [9.17, 15) is 9.36 Å². The van der Waals surface area contributed by atoms with Crippen LogP contribution in [0.3, 0.4) is 0 Å². The van der Waals surface area contributed by atoms with Crippen LogP contribution in [0.2, 0.25) is 0 Å². The van der Waals surface area contributed by atoms with Crippen LogP contribution in [0.15, 0.2) is 97.6 Å². The molecule has 0 atom stereocenters. The number of carbonyl (C=O) groups excluding carboxylic acids is 1. The fourth-order valence-corrected chi connectivity index (χ4v) is 3.93. The first-order valence-corrected chi connectivity index (χ1v) is 9.33. The van der Waals surface area contributed by atoms with Crippen molar-refractivity contribution in [2.45, 2.75) is 0 Å². The lowest BCUT2D eigenvalue weighted by Gasteiger charge is -2.11. The molecule has 2 nitrogen and oxygen atoms in total. The molecule has 3 aromatic rings. The first-order chi connectivity index (χ1) is 11.7. The third kappa shape index (κ3) is 4.41. The van der Waals surface area contributed by atoms with Gasteiger partial charge in [0, 0.05) is 10.6 Å². The third-order valence-electron chi connectivity index (χ3n) is 3.46. The molecule has 0 fully saturated rings. The van der Waals surface area contributed by atoms with E-state index in [-0.39, 0.29) is 0 Å². The normalized spacial score (nSPS) is 10.2. The van der Waals surface area contributed by atoms with E-state index in [1.54, 1.807) is 48.5 Å². The number of hydrogen-bond donors (Lipinski definition) is 0. The van der Waals surface area contributed by atoms with Gasteiger partial charge in [-0.25, -0.2) is 0 Å². The molecule has 0 unspecified atom stereocenters. The first-order valence-electron chi connectivity index (χ1n) is 7.55. The number of benzene rings is 3. The van der Waals surface area contributed by atoms with E-state index in [1.165, 1.54) is 5.56 Å². The van der Waals surface area contributed by atoms with Gasteiger partial charge in [0.15, 0.2) is 6.03 Å². The highest BCUT2D eigenvalue weighted by atomic mass is 31.2. The van der Waals surface area contributed by atoms with Crippen molar-refractivity contribution in [2.24, 2.45) is 0 Å². The Morgan fingerprint density at radius 3 is 1.33 bits per heavy atom. The van der Waals surface area contributed by atoms with Crippen LogP contribution in [0.1, 0.15) is 5.56 Å². The van der Waals surface area contributed by atoms with Crippen LogP contribution in [0.4, 0.5) is 0 Å². The van der Waals surface area contributed by atoms with Crippen LogP contribution < -0.4 is 10.6 Å². The molecule has 0 radical (unpaired) electrons. The minimum Gasteiger partial charge on any atom is -0.306 e. The van der Waals surface area contributed by atoms with E-state index in [0.29, 0.717) is 16.6 Å². The predicted molar refractivity (Wildman–Crippen MR) is 103 cm³/mol. The van der Waals surface area contributed by atoms with Crippen molar-refractivity contribution in [1.82, 2.24) is 0 Å². The summed E-state index contributed by atoms with van der Waals surface area (Å²) in [6, 6.07) is 28.3. The van der Waals surface area contributed by atoms with Crippen LogP contribution in [-0.2, 0) is 9.36 Å². The SMILES string of the molecule is C=Cc1ccccc1.O=CP(=O)(c1ccccc1)c1ccccc1. The number of rotatable bonds is 4. The summed E-state index contributed by atoms with van der Waals surface area (Å²) >= 11 is 0. The Kier molecular flexibility index (Phi) is 6.48. The van der Waals surface area contributed by atoms with Crippen LogP contribution >= 0.6 is 7.14 Å². The predicted octanol–water partition coefficient (Wildman–Crippen LogP) is 4.52. The van der Waals surface area contributed by atoms with E-state index in [0.717, 1.165) is 0 Å². The van der Waals surface area contributed by atoms with E-state index in [1.807, 2.05) is 48.5 Å². The standard InChI is InChI=1S/C13H11O2P.C8H8/c14-11-16(15,12-7-3-1-4-8-12)13-9-5-2-6-10-13;1-2-8-6-4-3-5-7-8/h1-11H;2-7H,1H2. The largest absolute Gasteiger partial charge is 0.306 e. The van der Waals surface area contributed by atoms with E-state index in [4.69, 9.17) is 0 Å². The topological polar surface area (TPSA) is 34.1 Å². The zero-order valence-electron chi connectivity index (χ0n) is 13.3. The molecular weight excluding hydrogens is 315 g/mol. The van der Waals surface area contributed by atoms with E-state index in [2.05, 4.69) is 6.58 Å². The molecule has 3 heteroatoms. The Hall–Kier alpha value is -2.70. The average Bonchev–Trinajstić information content (AvgIpc) is 2.70. The van der Waals surface area contributed by atoms with Gasteiger partial charge in [-0.05, 0) is 5.56 Å². The summed E-state index contributed by atoms with van der Waals surface area (Å²) in [5.74, 6) is 0. The minimum absolute atomic E-state index is 0.567. The van der Waals surface area contributed by atoms with Crippen LogP contribution in [0, 0.1) is 0 Å². The number of carbonyl (C=O) groups is 1. The molecule has 3 aromatic carbocycles. The Balaban J connectivity index is 0.000000219. The first kappa shape index (κ1) is 17.7. The number of hydrogen-bond acceptors (Lipinski definition) is 2. The molecule has 0 aliphatic carbocycles. The third-order valence-corrected chi connectivity index (χ3v) is 5.89. The molecule has 0 saturated heterocycles. The van der Waals surface area contributed by atoms with Gasteiger partial charge in [-0.3, -0.25) is 4.79 Å². The second-order valence-electron chi connectivity index (χ2n) is 5.05. The summed E-state index contributed by atoms with van der Waals surface area (Å²) in [7, 11) is -3.09. The van der Waals surface area contributed by atoms with Crippen molar-refractivity contribution in [3.63, 3.8) is 0 Å². The molecule has 0 aliphatic rings. The molecule has 24 heavy (non-hydrogen) atoms. The summed E-state index contributed by atoms with van der Waals surface area (Å²) in [4.78, 5) is 11.2. The maximum atomic E-state index is 12.6. The van der Waals surface area contributed by atoms with Gasteiger partial charge in [0.2, 0.25) is 7.14 Å². The van der Waals surface area contributed by atoms with Crippen LogP contribution in [0.25, 0.3) is 6.08 Å². The van der Waals surface area contributed by atoms with Crippen molar-refractivity contribution in [1.29, 1.82) is 0 Å². The summed E-state index contributed by atoms with van der Waals surface area (Å²) in [5.41, 5.74) is 1.17. The van der Waals surface area contributed by atoms with E-state index < -0.39 is 7.14 Å². The summed E-state index contributed by atoms with van der Waals surface area (Å²) in [5, 5.41) is 1.16. The summed E-state index contributed by atoms with van der Waals surface area (Å²) in [6.45, 7) is 3.63. The van der Waals surface area contributed by atoms with Gasteiger partial charge in [0.1, 0.15) is 0 Å². The molecule has 0 saturated carbocycles. The molecular formula is C21H19O2P. The lowest BCUT2D eigenvalue weighted by molar-refractivity contribution is 0.557. The van der Waals surface area contributed by atoms with Crippen molar-refractivity contribution in [2.75, 3.05) is 0 Å². The van der Waals surface area contributed by atoms with Gasteiger partial charge >= 0.3 is 0 Å². The average molecular weight is 334 g/mol. The Labute approximate surface area is 142 Å². The molecule has 0 heterocycles. The van der Waals surface area contributed by atoms with Gasteiger partial charge in [-0.15, -0.1) is 0 Å². The quantitative estimate of drug-likeness (QED) is 0.519. The van der Waals surface area contributed by atoms with Gasteiger partial charge in [0.25, 0.3) is 0 Å². The maximum absolute atomic E-state index is 12.6. The fourth-order valence-electron chi connectivity index (χ4n) is 2.16. The minimum atomic E-state index is -3.09. The van der Waals surface area contributed by atoms with Crippen LogP contribution in [-0.4, -0.2) is 6.03 Å². The highest BCUT2D eigenvalue weighted by Crippen LogP contribution is 2.39. The lowest BCUT2D eigenvalue weighted by atomic mass is 10.2. The highest BCUT2D eigenvalue weighted by molar-refractivity contribution is 7.91. The Morgan fingerprint density at radius 1 is 0.667 bits per heavy atom. The van der Waals surface area contributed by atoms with Crippen LogP contribution in [0.5, 0.6) is 0 Å². The Bertz CT molecular complexity index is 769. The molecule has 3 rings (SSSR count). The second kappa shape index (κ2) is 8.81. The van der Waals surface area contributed by atoms with Crippen molar-refractivity contribution < 1.29 is 9.36 Å². The summed E-state index contributed by atoms with van der Waals surface area (Å²) < 4.78 is 12.6. The second-order valence-corrected chi connectivity index (χ2v) is 7.61. The van der Waals surface area contributed by atoms with Crippen molar-refractivity contribution in [3.8, 4) is 0 Å². The van der Waals surface area contributed by atoms with Crippen molar-refractivity contribution >= 4 is 29.9 Å². The molecule has 0 aliphatic heterocycles. The molecule has 0 N–H and O–H groups in total. The zero-order chi connectivity index (χ0) is 17.3. The highest BCUT2D eigenvalue weighted by Gasteiger charge is 2.25. The zero-order valence-corrected chi connectivity index (χ0v) is 14.2. The van der Waals surface area contributed by atoms with E-state index >= 15 is 0 Å². The molecule has 0 amide bonds. The molecule has 120 valence electrons. The van der Waals surface area contributed by atoms with Gasteiger partial charge < -0.3 is 4.57 Å². The van der Waals surface area contributed by atoms with Crippen molar-refractivity contribution in [3.05, 3.63) is 103 Å². The lowest BCUT2D eigenvalue weighted by Crippen LogP contribution is -2.16. The maximum Gasteiger partial charge on any atom is 0.201 e. The molecule has 0 aromatic heterocycles. The summed E-state index contributed by atoms with van der Waals surface area (Å²) in [6.07, 6.45) is 1.83. The smallest absolute Gasteiger partial charge is 0.201 e. The monoisotopic (exact) mass is 334 g/mol. The van der Waals surface area contributed by atoms with Gasteiger partial charge in [0.05, 0.1) is 0 Å². The van der Waals surface area contributed by atoms with Gasteiger partial charge in [-0.2, -0.15) is 0 Å². The Morgan fingerprint density at radius 2 is 1.04 bits per heavy atom.